The molecule has 2 N–H and O–H groups in total. The highest BCUT2D eigenvalue weighted by Gasteiger charge is 2.64. The van der Waals surface area contributed by atoms with Crippen LogP contribution in [0.5, 0.6) is 0 Å². The Morgan fingerprint density at radius 2 is 1.94 bits per heavy atom. The predicted molar refractivity (Wildman–Crippen MR) is 56.4 cm³/mol. The molecule has 0 aromatic rings. The van der Waals surface area contributed by atoms with Gasteiger partial charge in [-0.25, -0.2) is 0 Å². The van der Waals surface area contributed by atoms with Crippen molar-refractivity contribution < 1.29 is 18.0 Å². The molecule has 1 amide bonds. The van der Waals surface area contributed by atoms with Gasteiger partial charge in [0.1, 0.15) is 5.54 Å². The summed E-state index contributed by atoms with van der Waals surface area (Å²) in [6, 6.07) is -0.461. The molecule has 6 heteroatoms. The standard InChI is InChI=1S/C11H17F3N2O/c12-11(13,14)10(5-6-10)16-9(17)8-4-2-1-3-7-15-8/h8,15H,1-7H2,(H,16,17). The molecule has 0 radical (unpaired) electrons. The molecule has 0 spiro atoms. The maximum Gasteiger partial charge on any atom is 0.411 e. The van der Waals surface area contributed by atoms with Gasteiger partial charge in [-0.1, -0.05) is 12.8 Å². The van der Waals surface area contributed by atoms with E-state index < -0.39 is 23.7 Å². The van der Waals surface area contributed by atoms with Crippen LogP contribution in [-0.2, 0) is 4.79 Å². The van der Waals surface area contributed by atoms with E-state index in [1.807, 2.05) is 0 Å². The van der Waals surface area contributed by atoms with Crippen molar-refractivity contribution in [1.29, 1.82) is 0 Å². The van der Waals surface area contributed by atoms with Gasteiger partial charge in [0.15, 0.2) is 0 Å². The Morgan fingerprint density at radius 3 is 2.53 bits per heavy atom. The predicted octanol–water partition coefficient (Wildman–Crippen LogP) is 1.73. The molecule has 1 aliphatic heterocycles. The van der Waals surface area contributed by atoms with E-state index in [1.165, 1.54) is 0 Å². The summed E-state index contributed by atoms with van der Waals surface area (Å²) >= 11 is 0. The van der Waals surface area contributed by atoms with Gasteiger partial charge in [0.05, 0.1) is 6.04 Å². The summed E-state index contributed by atoms with van der Waals surface area (Å²) in [5.74, 6) is -0.498. The number of halogens is 3. The molecule has 1 heterocycles. The molecule has 1 unspecified atom stereocenters. The zero-order chi connectivity index (χ0) is 12.5. The van der Waals surface area contributed by atoms with Gasteiger partial charge in [0.2, 0.25) is 5.91 Å². The van der Waals surface area contributed by atoms with Crippen LogP contribution in [0.1, 0.15) is 38.5 Å². The zero-order valence-corrected chi connectivity index (χ0v) is 9.57. The Kier molecular flexibility index (Phi) is 3.34. The van der Waals surface area contributed by atoms with Crippen LogP contribution in [0.3, 0.4) is 0 Å². The lowest BCUT2D eigenvalue weighted by Gasteiger charge is -2.24. The molecule has 3 nitrogen and oxygen atoms in total. The van der Waals surface area contributed by atoms with Crippen LogP contribution in [-0.4, -0.2) is 30.2 Å². The highest BCUT2D eigenvalue weighted by Crippen LogP contribution is 2.48. The minimum absolute atomic E-state index is 0.00889. The molecular formula is C11H17F3N2O. The van der Waals surface area contributed by atoms with Gasteiger partial charge in [-0.15, -0.1) is 0 Å². The molecule has 1 saturated carbocycles. The van der Waals surface area contributed by atoms with Crippen molar-refractivity contribution in [3.05, 3.63) is 0 Å². The molecule has 1 aliphatic carbocycles. The molecule has 0 bridgehead atoms. The minimum atomic E-state index is -4.33. The Balaban J connectivity index is 1.92. The molecule has 98 valence electrons. The van der Waals surface area contributed by atoms with E-state index in [2.05, 4.69) is 10.6 Å². The van der Waals surface area contributed by atoms with Crippen LogP contribution in [0.4, 0.5) is 13.2 Å². The molecular weight excluding hydrogens is 233 g/mol. The number of carbonyl (C=O) groups excluding carboxylic acids is 1. The molecule has 2 aliphatic rings. The fourth-order valence-corrected chi connectivity index (χ4v) is 2.18. The first-order valence-corrected chi connectivity index (χ1v) is 6.07. The maximum atomic E-state index is 12.7. The van der Waals surface area contributed by atoms with E-state index in [0.717, 1.165) is 19.3 Å². The Bertz CT molecular complexity index is 292. The van der Waals surface area contributed by atoms with Crippen molar-refractivity contribution in [2.24, 2.45) is 0 Å². The Labute approximate surface area is 98.1 Å². The number of alkyl halides is 3. The van der Waals surface area contributed by atoms with E-state index >= 15 is 0 Å². The van der Waals surface area contributed by atoms with E-state index in [0.29, 0.717) is 13.0 Å². The van der Waals surface area contributed by atoms with E-state index in [9.17, 15) is 18.0 Å². The second-order valence-corrected chi connectivity index (χ2v) is 4.93. The smallest absolute Gasteiger partial charge is 0.341 e. The van der Waals surface area contributed by atoms with Gasteiger partial charge in [-0.05, 0) is 32.2 Å². The highest BCUT2D eigenvalue weighted by molar-refractivity contribution is 5.83. The topological polar surface area (TPSA) is 41.1 Å². The summed E-state index contributed by atoms with van der Waals surface area (Å²) in [5.41, 5.74) is -1.93. The SMILES string of the molecule is O=C(NC1(C(F)(F)F)CC1)C1CCCCCN1. The van der Waals surface area contributed by atoms with Gasteiger partial charge in [-0.2, -0.15) is 13.2 Å². The summed E-state index contributed by atoms with van der Waals surface area (Å²) < 4.78 is 38.0. The third-order valence-electron chi connectivity index (χ3n) is 3.53. The van der Waals surface area contributed by atoms with Crippen molar-refractivity contribution in [2.45, 2.75) is 56.3 Å². The van der Waals surface area contributed by atoms with Gasteiger partial charge >= 0.3 is 6.18 Å². The fraction of sp³-hybridized carbons (Fsp3) is 0.909. The van der Waals surface area contributed by atoms with E-state index in [1.54, 1.807) is 0 Å². The van der Waals surface area contributed by atoms with Gasteiger partial charge in [-0.3, -0.25) is 4.79 Å². The van der Waals surface area contributed by atoms with Gasteiger partial charge < -0.3 is 10.6 Å². The largest absolute Gasteiger partial charge is 0.411 e. The summed E-state index contributed by atoms with van der Waals surface area (Å²) in [6.07, 6.45) is -0.781. The summed E-state index contributed by atoms with van der Waals surface area (Å²) in [7, 11) is 0. The molecule has 17 heavy (non-hydrogen) atoms. The first kappa shape index (κ1) is 12.7. The van der Waals surface area contributed by atoms with Gasteiger partial charge in [0.25, 0.3) is 0 Å². The maximum absolute atomic E-state index is 12.7. The molecule has 0 aromatic heterocycles. The Hall–Kier alpha value is -0.780. The average molecular weight is 250 g/mol. The van der Waals surface area contributed by atoms with Crippen LogP contribution >= 0.6 is 0 Å². The lowest BCUT2D eigenvalue weighted by atomic mass is 10.1. The molecule has 2 rings (SSSR count). The third-order valence-corrected chi connectivity index (χ3v) is 3.53. The number of carbonyl (C=O) groups is 1. The van der Waals surface area contributed by atoms with Crippen molar-refractivity contribution in [3.63, 3.8) is 0 Å². The fourth-order valence-electron chi connectivity index (χ4n) is 2.18. The van der Waals surface area contributed by atoms with Crippen LogP contribution < -0.4 is 10.6 Å². The first-order chi connectivity index (χ1) is 7.95. The number of amides is 1. The van der Waals surface area contributed by atoms with Crippen molar-refractivity contribution >= 4 is 5.91 Å². The summed E-state index contributed by atoms with van der Waals surface area (Å²) in [5, 5.41) is 5.18. The third kappa shape index (κ3) is 2.73. The molecule has 2 fully saturated rings. The number of nitrogens with one attached hydrogen (secondary N) is 2. The lowest BCUT2D eigenvalue weighted by Crippen LogP contribution is -2.54. The van der Waals surface area contributed by atoms with Crippen LogP contribution in [0.2, 0.25) is 0 Å². The van der Waals surface area contributed by atoms with E-state index in [4.69, 9.17) is 0 Å². The normalized spacial score (nSPS) is 28.3. The average Bonchev–Trinajstić information content (AvgIpc) is 2.98. The molecule has 1 atom stereocenters. The summed E-state index contributed by atoms with van der Waals surface area (Å²) in [6.45, 7) is 0.705. The summed E-state index contributed by atoms with van der Waals surface area (Å²) in [4.78, 5) is 11.8. The number of hydrogen-bond donors (Lipinski definition) is 2. The quantitative estimate of drug-likeness (QED) is 0.783. The second-order valence-electron chi connectivity index (χ2n) is 4.93. The van der Waals surface area contributed by atoms with Crippen molar-refractivity contribution in [1.82, 2.24) is 10.6 Å². The van der Waals surface area contributed by atoms with Crippen molar-refractivity contribution in [2.75, 3.05) is 6.54 Å². The number of rotatable bonds is 2. The zero-order valence-electron chi connectivity index (χ0n) is 9.57. The highest BCUT2D eigenvalue weighted by atomic mass is 19.4. The van der Waals surface area contributed by atoms with Crippen LogP contribution in [0, 0.1) is 0 Å². The van der Waals surface area contributed by atoms with E-state index in [-0.39, 0.29) is 12.8 Å². The van der Waals surface area contributed by atoms with Crippen LogP contribution in [0.25, 0.3) is 0 Å². The first-order valence-electron chi connectivity index (χ1n) is 6.07. The van der Waals surface area contributed by atoms with Crippen LogP contribution in [0.15, 0.2) is 0 Å². The van der Waals surface area contributed by atoms with Crippen molar-refractivity contribution in [3.8, 4) is 0 Å². The monoisotopic (exact) mass is 250 g/mol. The lowest BCUT2D eigenvalue weighted by molar-refractivity contribution is -0.170. The second kappa shape index (κ2) is 4.48. The Morgan fingerprint density at radius 1 is 1.24 bits per heavy atom. The molecule has 0 aromatic carbocycles. The van der Waals surface area contributed by atoms with Gasteiger partial charge in [0, 0.05) is 0 Å². The number of hydrogen-bond acceptors (Lipinski definition) is 2. The minimum Gasteiger partial charge on any atom is -0.341 e. The molecule has 1 saturated heterocycles.